The molecule has 0 unspecified atom stereocenters. The van der Waals surface area contributed by atoms with Gasteiger partial charge in [0, 0.05) is 31.5 Å². The molecule has 0 fully saturated rings. The highest BCUT2D eigenvalue weighted by Crippen LogP contribution is 2.29. The Morgan fingerprint density at radius 1 is 0.975 bits per heavy atom. The Morgan fingerprint density at radius 2 is 1.75 bits per heavy atom. The molecule has 0 spiro atoms. The molecule has 212 valence electrons. The molecule has 0 N–H and O–H groups in total. The van der Waals surface area contributed by atoms with Gasteiger partial charge in [-0.15, -0.1) is 0 Å². The van der Waals surface area contributed by atoms with Gasteiger partial charge in [0.15, 0.2) is 11.5 Å². The lowest BCUT2D eigenvalue weighted by Gasteiger charge is -2.24. The average molecular weight is 572 g/mol. The Bertz CT molecular complexity index is 1460. The van der Waals surface area contributed by atoms with Crippen LogP contribution in [0.15, 0.2) is 78.1 Å². The second-order valence-corrected chi connectivity index (χ2v) is 11.1. The standard InChI is InChI=1S/C29H31F2N3O5S/c1-37-26-12-11-22(16-27(26)38-2)18-34-13-6-10-23(19-34)24-17-25(28(30)31)33-29(32-24)40(35,36)15-7-14-39-20-21-8-4-3-5-9-21/h3-6,8-12,16-17,19,28H,7,13-15,18,20H2,1-2H3. The summed E-state index contributed by atoms with van der Waals surface area (Å²) in [6.45, 7) is 1.60. The first-order valence-electron chi connectivity index (χ1n) is 12.6. The number of rotatable bonds is 13. The molecule has 0 radical (unpaired) electrons. The van der Waals surface area contributed by atoms with Crippen LogP contribution in [0.1, 0.15) is 35.4 Å². The Kier molecular flexibility index (Phi) is 9.84. The van der Waals surface area contributed by atoms with Crippen LogP contribution in [0.25, 0.3) is 5.57 Å². The van der Waals surface area contributed by atoms with Crippen molar-refractivity contribution in [2.24, 2.45) is 0 Å². The number of sulfone groups is 1. The molecule has 4 rings (SSSR count). The van der Waals surface area contributed by atoms with Crippen molar-refractivity contribution in [3.8, 4) is 11.5 Å². The first-order valence-corrected chi connectivity index (χ1v) is 14.3. The maximum Gasteiger partial charge on any atom is 0.280 e. The lowest BCUT2D eigenvalue weighted by molar-refractivity contribution is 0.122. The van der Waals surface area contributed by atoms with Crippen LogP contribution in [0.5, 0.6) is 11.5 Å². The molecule has 0 saturated carbocycles. The smallest absolute Gasteiger partial charge is 0.280 e. The van der Waals surface area contributed by atoms with Gasteiger partial charge in [0.2, 0.25) is 15.0 Å². The van der Waals surface area contributed by atoms with Crippen LogP contribution in [0.3, 0.4) is 0 Å². The van der Waals surface area contributed by atoms with Gasteiger partial charge in [-0.3, -0.25) is 0 Å². The molecule has 1 aromatic heterocycles. The van der Waals surface area contributed by atoms with Crippen LogP contribution >= 0.6 is 0 Å². The molecule has 0 amide bonds. The number of hydrogen-bond donors (Lipinski definition) is 0. The minimum Gasteiger partial charge on any atom is -0.493 e. The summed E-state index contributed by atoms with van der Waals surface area (Å²) >= 11 is 0. The van der Waals surface area contributed by atoms with Crippen molar-refractivity contribution >= 4 is 15.4 Å². The molecule has 0 atom stereocenters. The summed E-state index contributed by atoms with van der Waals surface area (Å²) in [5.74, 6) is 0.876. The number of nitrogens with zero attached hydrogens (tertiary/aromatic N) is 3. The zero-order chi connectivity index (χ0) is 28.5. The van der Waals surface area contributed by atoms with Crippen molar-refractivity contribution in [1.29, 1.82) is 0 Å². The minimum absolute atomic E-state index is 0.109. The van der Waals surface area contributed by atoms with E-state index in [0.717, 1.165) is 17.2 Å². The van der Waals surface area contributed by atoms with Gasteiger partial charge in [-0.1, -0.05) is 48.6 Å². The topological polar surface area (TPSA) is 90.9 Å². The van der Waals surface area contributed by atoms with E-state index in [1.165, 1.54) is 0 Å². The van der Waals surface area contributed by atoms with Gasteiger partial charge in [-0.25, -0.2) is 27.2 Å². The number of hydrogen-bond acceptors (Lipinski definition) is 8. The van der Waals surface area contributed by atoms with E-state index in [9.17, 15) is 17.2 Å². The number of halogens is 2. The molecular formula is C29H31F2N3O5S. The molecule has 2 heterocycles. The van der Waals surface area contributed by atoms with Crippen LogP contribution < -0.4 is 9.47 Å². The van der Waals surface area contributed by atoms with Gasteiger partial charge < -0.3 is 19.1 Å². The van der Waals surface area contributed by atoms with Crippen LogP contribution in [-0.2, 0) is 27.7 Å². The van der Waals surface area contributed by atoms with E-state index in [1.807, 2.05) is 59.5 Å². The quantitative estimate of drug-likeness (QED) is 0.204. The van der Waals surface area contributed by atoms with Gasteiger partial charge in [0.05, 0.1) is 32.3 Å². The fraction of sp³-hybridized carbons (Fsp3) is 0.310. The van der Waals surface area contributed by atoms with Crippen LogP contribution in [-0.4, -0.2) is 56.4 Å². The third-order valence-corrected chi connectivity index (χ3v) is 7.69. The number of ether oxygens (including phenoxy) is 3. The van der Waals surface area contributed by atoms with E-state index in [-0.39, 0.29) is 24.5 Å². The molecular weight excluding hydrogens is 540 g/mol. The summed E-state index contributed by atoms with van der Waals surface area (Å²) in [6.07, 6.45) is 2.58. The van der Waals surface area contributed by atoms with E-state index in [4.69, 9.17) is 14.2 Å². The highest BCUT2D eigenvalue weighted by atomic mass is 32.2. The van der Waals surface area contributed by atoms with Crippen molar-refractivity contribution in [1.82, 2.24) is 14.9 Å². The number of alkyl halides is 2. The Morgan fingerprint density at radius 3 is 2.48 bits per heavy atom. The normalized spacial score (nSPS) is 13.4. The fourth-order valence-corrected chi connectivity index (χ4v) is 5.29. The van der Waals surface area contributed by atoms with Gasteiger partial charge in [-0.05, 0) is 35.7 Å². The maximum absolute atomic E-state index is 13.7. The molecule has 40 heavy (non-hydrogen) atoms. The van der Waals surface area contributed by atoms with Crippen molar-refractivity contribution in [3.63, 3.8) is 0 Å². The van der Waals surface area contributed by atoms with Gasteiger partial charge >= 0.3 is 0 Å². The summed E-state index contributed by atoms with van der Waals surface area (Å²) in [6, 6.07) is 16.2. The summed E-state index contributed by atoms with van der Waals surface area (Å²) in [7, 11) is -0.906. The first kappa shape index (κ1) is 29.2. The summed E-state index contributed by atoms with van der Waals surface area (Å²) in [4.78, 5) is 9.84. The summed E-state index contributed by atoms with van der Waals surface area (Å²) < 4.78 is 69.6. The number of benzene rings is 2. The average Bonchev–Trinajstić information content (AvgIpc) is 2.97. The van der Waals surface area contributed by atoms with Crippen molar-refractivity contribution in [2.75, 3.05) is 33.1 Å². The Balaban J connectivity index is 1.48. The summed E-state index contributed by atoms with van der Waals surface area (Å²) in [5, 5.41) is -0.616. The minimum atomic E-state index is -4.03. The van der Waals surface area contributed by atoms with Crippen molar-refractivity contribution in [2.45, 2.75) is 31.2 Å². The molecule has 1 aliphatic rings. The predicted octanol–water partition coefficient (Wildman–Crippen LogP) is 5.22. The van der Waals surface area contributed by atoms with Crippen LogP contribution in [0.2, 0.25) is 0 Å². The van der Waals surface area contributed by atoms with E-state index in [1.54, 1.807) is 26.5 Å². The highest BCUT2D eigenvalue weighted by molar-refractivity contribution is 7.91. The van der Waals surface area contributed by atoms with Gasteiger partial charge in [0.1, 0.15) is 5.69 Å². The Labute approximate surface area is 232 Å². The van der Waals surface area contributed by atoms with Gasteiger partial charge in [0.25, 0.3) is 6.43 Å². The third-order valence-electron chi connectivity index (χ3n) is 6.13. The first-order chi connectivity index (χ1) is 19.3. The molecule has 0 bridgehead atoms. The molecule has 0 aliphatic carbocycles. The second kappa shape index (κ2) is 13.5. The van der Waals surface area contributed by atoms with Crippen LogP contribution in [0, 0.1) is 0 Å². The summed E-state index contributed by atoms with van der Waals surface area (Å²) in [5.41, 5.74) is 1.88. The fourth-order valence-electron chi connectivity index (χ4n) is 4.13. The number of methoxy groups -OCH3 is 2. The zero-order valence-electron chi connectivity index (χ0n) is 22.3. The second-order valence-electron chi connectivity index (χ2n) is 9.08. The van der Waals surface area contributed by atoms with E-state index >= 15 is 0 Å². The lowest BCUT2D eigenvalue weighted by Crippen LogP contribution is -2.20. The lowest BCUT2D eigenvalue weighted by atomic mass is 10.1. The highest BCUT2D eigenvalue weighted by Gasteiger charge is 2.24. The predicted molar refractivity (Wildman–Crippen MR) is 147 cm³/mol. The number of allylic oxidation sites excluding steroid dienone is 2. The van der Waals surface area contributed by atoms with E-state index in [0.29, 0.717) is 36.8 Å². The van der Waals surface area contributed by atoms with E-state index < -0.39 is 27.1 Å². The number of aromatic nitrogens is 2. The molecule has 8 nitrogen and oxygen atoms in total. The van der Waals surface area contributed by atoms with Crippen molar-refractivity contribution < 1.29 is 31.4 Å². The Hall–Kier alpha value is -3.83. The molecule has 11 heteroatoms. The molecule has 0 saturated heterocycles. The van der Waals surface area contributed by atoms with Crippen LogP contribution in [0.4, 0.5) is 8.78 Å². The monoisotopic (exact) mass is 571 g/mol. The largest absolute Gasteiger partial charge is 0.493 e. The third kappa shape index (κ3) is 7.64. The van der Waals surface area contributed by atoms with Gasteiger partial charge in [-0.2, -0.15) is 0 Å². The molecule has 1 aliphatic heterocycles. The van der Waals surface area contributed by atoms with Crippen molar-refractivity contribution in [3.05, 3.63) is 95.5 Å². The maximum atomic E-state index is 13.7. The molecule has 3 aromatic rings. The van der Waals surface area contributed by atoms with E-state index in [2.05, 4.69) is 9.97 Å². The SMILES string of the molecule is COc1ccc(CN2C=C(c3cc(C(F)F)nc(S(=O)(=O)CCCOCc4ccccc4)n3)C=CC2)cc1OC. The zero-order valence-corrected chi connectivity index (χ0v) is 23.1. The molecule has 2 aromatic carbocycles.